The Bertz CT molecular complexity index is 3250. The predicted molar refractivity (Wildman–Crippen MR) is 374 cm³/mol. The molecule has 32 nitrogen and oxygen atoms in total. The Balaban J connectivity index is 1.59. The molecule has 0 aliphatic carbocycles. The number of nitrogens with zero attached hydrogens (tertiary/aromatic N) is 1. The lowest BCUT2D eigenvalue weighted by Gasteiger charge is -2.74. The van der Waals surface area contributed by atoms with E-state index in [0.717, 1.165) is 118 Å². The first-order valence-electron chi connectivity index (χ1n) is 35.9. The number of likely N-dealkylation sites (N-methyl/N-ethyl adjacent to an activating group) is 1. The third-order valence-corrected chi connectivity index (χ3v) is 30.4. The van der Waals surface area contributed by atoms with Crippen molar-refractivity contribution in [3.8, 4) is 0 Å². The van der Waals surface area contributed by atoms with Crippen LogP contribution in [0.5, 0.6) is 0 Å². The minimum atomic E-state index is -3.09. The van der Waals surface area contributed by atoms with Crippen LogP contribution in [0.2, 0.25) is 0 Å². The molecule has 32 heteroatoms. The quantitative estimate of drug-likeness (QED) is 0.0598. The van der Waals surface area contributed by atoms with Crippen LogP contribution >= 0.6 is 0 Å². The molecule has 620 valence electrons. The average Bonchev–Trinajstić information content (AvgIpc) is 0.660. The number of quaternary nitrogens is 1. The number of rotatable bonds is 21. The van der Waals surface area contributed by atoms with Gasteiger partial charge in [-0.1, -0.05) is 0 Å². The summed E-state index contributed by atoms with van der Waals surface area (Å²) >= 11 is 0. The highest BCUT2D eigenvalue weighted by atomic mass is 16.8. The van der Waals surface area contributed by atoms with Crippen LogP contribution in [0.3, 0.4) is 0 Å². The molecule has 105 heavy (non-hydrogen) atoms. The standard InChI is InChI=1S/C73H138NO31/c1-44(2)51(9,79)58(16,86)67(25,49(7,97-44)41-95-69(27)61(19,89)55(13,83)52(10,80)45(3,37-75)98-69)104-72(30)64(22,92)59(17,87)66(24,47(5,39-77)100-72)103-73(31)65(23,93)60(18,88)68(26,105-71(29)63(21,91)56(14,84)53(11,81)46(4,38-76)99-71)50(8,102-73)42-96-70(28)62(20,90)57(15,85)54(12,82)48(6,101-70)40-94-36-43(78)35-74(32,33)34/h43,75-93H,35-42H2,1-34H3/q+1/t43?,45-,46?,47?,48-,49-,50-,51?,52-,53+,54-,55?,56?,57?,58?,59?,60?,61?,62?,63+,64+,65?,66+,67+,68+,69-,70-,71-,72-,73-/m0/s1. The van der Waals surface area contributed by atoms with Crippen molar-refractivity contribution >= 4 is 0 Å². The Labute approximate surface area is 619 Å². The molecule has 6 heterocycles. The molecule has 13 unspecified atom stereocenters. The van der Waals surface area contributed by atoms with Crippen LogP contribution in [0.4, 0.5) is 0 Å². The number of aliphatic hydroxyl groups excluding tert-OH is 4. The summed E-state index contributed by atoms with van der Waals surface area (Å²) in [5.41, 5.74) is -64.6. The van der Waals surface area contributed by atoms with E-state index in [1.807, 2.05) is 21.1 Å². The van der Waals surface area contributed by atoms with E-state index < -0.39 is 215 Å². The third-order valence-electron chi connectivity index (χ3n) is 30.4. The fraction of sp³-hybridized carbons (Fsp3) is 1.00. The van der Waals surface area contributed by atoms with Gasteiger partial charge in [0.15, 0.2) is 28.9 Å². The maximum absolute atomic E-state index is 14.0. The third kappa shape index (κ3) is 11.3. The molecule has 0 bridgehead atoms. The number of hydrogen-bond donors (Lipinski definition) is 19. The minimum Gasteiger partial charge on any atom is -0.393 e. The zero-order valence-electron chi connectivity index (χ0n) is 69.1. The fourth-order valence-electron chi connectivity index (χ4n) is 17.8. The van der Waals surface area contributed by atoms with Crippen LogP contribution in [0.1, 0.15) is 215 Å². The summed E-state index contributed by atoms with van der Waals surface area (Å²) in [6.45, 7) is 30.4. The summed E-state index contributed by atoms with van der Waals surface area (Å²) in [7, 11) is 5.54. The number of aliphatic hydroxyl groups is 19. The molecule has 30 atom stereocenters. The first kappa shape index (κ1) is 92.6. The van der Waals surface area contributed by atoms with Gasteiger partial charge < -0.3 is 158 Å². The van der Waals surface area contributed by atoms with Crippen LogP contribution in [-0.2, 0) is 56.8 Å². The van der Waals surface area contributed by atoms with E-state index >= 15 is 0 Å². The number of hydrogen-bond acceptors (Lipinski definition) is 31. The Hall–Kier alpha value is -1.28. The van der Waals surface area contributed by atoms with Gasteiger partial charge in [-0.25, -0.2) is 0 Å². The van der Waals surface area contributed by atoms with E-state index in [4.69, 9.17) is 56.8 Å². The Morgan fingerprint density at radius 2 is 0.505 bits per heavy atom. The van der Waals surface area contributed by atoms with Gasteiger partial charge in [-0.3, -0.25) is 0 Å². The van der Waals surface area contributed by atoms with E-state index in [-0.39, 0.29) is 13.2 Å². The van der Waals surface area contributed by atoms with E-state index in [1.54, 1.807) is 0 Å². The van der Waals surface area contributed by atoms with Crippen molar-refractivity contribution in [3.63, 3.8) is 0 Å². The lowest BCUT2D eigenvalue weighted by atomic mass is 9.57. The highest BCUT2D eigenvalue weighted by molar-refractivity contribution is 5.32. The average molecular weight is 1530 g/mol. The lowest BCUT2D eigenvalue weighted by Crippen LogP contribution is -2.92. The molecular formula is C73H138NO31+. The van der Waals surface area contributed by atoms with Crippen molar-refractivity contribution in [1.82, 2.24) is 0 Å². The van der Waals surface area contributed by atoms with Gasteiger partial charge in [0, 0.05) is 0 Å². The smallest absolute Gasteiger partial charge is 0.198 e. The van der Waals surface area contributed by atoms with Crippen LogP contribution < -0.4 is 0 Å². The molecule has 0 radical (unpaired) electrons. The zero-order chi connectivity index (χ0) is 83.2. The molecule has 19 N–H and O–H groups in total. The van der Waals surface area contributed by atoms with Crippen LogP contribution in [0.15, 0.2) is 0 Å². The molecule has 6 rings (SSSR count). The molecule has 0 spiro atoms. The van der Waals surface area contributed by atoms with E-state index in [1.165, 1.54) is 96.9 Å². The molecular weight excluding hydrogens is 1390 g/mol. The molecule has 6 aliphatic rings. The monoisotopic (exact) mass is 1520 g/mol. The van der Waals surface area contributed by atoms with E-state index in [0.29, 0.717) is 4.48 Å². The highest BCUT2D eigenvalue weighted by Gasteiger charge is 2.87. The molecule has 0 aromatic heterocycles. The lowest BCUT2D eigenvalue weighted by molar-refractivity contribution is -0.873. The normalized spacial score (nSPS) is 59.4. The first-order chi connectivity index (χ1) is 45.6. The van der Waals surface area contributed by atoms with Gasteiger partial charge in [-0.05, 0) is 215 Å². The molecule has 0 amide bonds. The van der Waals surface area contributed by atoms with Crippen LogP contribution in [-0.4, -0.2) is 351 Å². The van der Waals surface area contributed by atoms with Crippen molar-refractivity contribution in [2.75, 3.05) is 73.9 Å². The maximum Gasteiger partial charge on any atom is 0.198 e. The summed E-state index contributed by atoms with van der Waals surface area (Å²) < 4.78 is 81.5. The van der Waals surface area contributed by atoms with E-state index in [2.05, 4.69) is 0 Å². The molecule has 6 saturated heterocycles. The Morgan fingerprint density at radius 1 is 0.267 bits per heavy atom. The van der Waals surface area contributed by atoms with Crippen LogP contribution in [0, 0.1) is 0 Å². The van der Waals surface area contributed by atoms with Crippen molar-refractivity contribution < 1.29 is 158 Å². The Kier molecular flexibility index (Phi) is 21.7. The van der Waals surface area contributed by atoms with Crippen molar-refractivity contribution in [2.45, 2.75) is 390 Å². The van der Waals surface area contributed by atoms with E-state index in [9.17, 15) is 97.0 Å². The van der Waals surface area contributed by atoms with Gasteiger partial charge in [-0.2, -0.15) is 0 Å². The van der Waals surface area contributed by atoms with Gasteiger partial charge in [0.05, 0.1) is 73.0 Å². The molecule has 6 fully saturated rings. The topological polar surface area (TPSA) is 495 Å². The van der Waals surface area contributed by atoms with Gasteiger partial charge in [0.25, 0.3) is 0 Å². The molecule has 0 aromatic rings. The SMILES string of the molecule is CC1(C)O[C@@](C)(CO[C@@]2(C)O[C@@](C)(CO)[C@](C)(O)C(C)(O)C2(C)O)[C@@](C)(O[C@]2(C)OC(C)(CO)[C@@](C)(O[C@]3(C)O[C@@](C)(CO[C@@]4(C)O[C@@](C)(COCC(O)C[N+](C)(C)C)[C@](C)(O)C(C)(O)C4(C)O)[C@@](C)(O[C@]4(C)OC(C)(CO)[C@@](C)(O)C(C)(O)[C@@]4(C)O)C(C)(O)C3(C)O)C(C)(O)[C@@]2(C)O)C(C)(O)C1(C)O. The maximum atomic E-state index is 14.0. The second-order valence-electron chi connectivity index (χ2n) is 38.4. The van der Waals surface area contributed by atoms with Gasteiger partial charge in [0.1, 0.15) is 147 Å². The highest BCUT2D eigenvalue weighted by Crippen LogP contribution is 2.67. The van der Waals surface area contributed by atoms with Crippen molar-refractivity contribution in [1.29, 1.82) is 0 Å². The second kappa shape index (κ2) is 24.6. The predicted octanol–water partition coefficient (Wildman–Crippen LogP) is -1.24. The number of ether oxygens (including phenoxy) is 12. The van der Waals surface area contributed by atoms with Crippen molar-refractivity contribution in [2.24, 2.45) is 0 Å². The van der Waals surface area contributed by atoms with Crippen LogP contribution in [0.25, 0.3) is 0 Å². The summed E-state index contributed by atoms with van der Waals surface area (Å²) in [4.78, 5) is 0. The van der Waals surface area contributed by atoms with Gasteiger partial charge >= 0.3 is 0 Å². The van der Waals surface area contributed by atoms with Gasteiger partial charge in [0.2, 0.25) is 0 Å². The minimum absolute atomic E-state index is 0.225. The summed E-state index contributed by atoms with van der Waals surface area (Å²) in [6, 6.07) is 0. The molecule has 6 aliphatic heterocycles. The molecule has 0 saturated carbocycles. The second-order valence-corrected chi connectivity index (χ2v) is 38.4. The van der Waals surface area contributed by atoms with Gasteiger partial charge in [-0.15, -0.1) is 0 Å². The van der Waals surface area contributed by atoms with Crippen molar-refractivity contribution in [3.05, 3.63) is 0 Å². The summed E-state index contributed by atoms with van der Waals surface area (Å²) in [5, 5.41) is 238. The Morgan fingerprint density at radius 3 is 0.819 bits per heavy atom. The molecule has 0 aromatic carbocycles. The first-order valence-corrected chi connectivity index (χ1v) is 35.9. The largest absolute Gasteiger partial charge is 0.393 e. The summed E-state index contributed by atoms with van der Waals surface area (Å²) in [6.07, 6.45) is -1.04. The summed E-state index contributed by atoms with van der Waals surface area (Å²) in [5.74, 6) is -13.7. The fourth-order valence-corrected chi connectivity index (χ4v) is 17.8. The zero-order valence-corrected chi connectivity index (χ0v) is 69.1.